The van der Waals surface area contributed by atoms with Crippen LogP contribution in [0.1, 0.15) is 0 Å². The number of nitrogens with zero attached hydrogens (tertiary/aromatic N) is 2. The van der Waals surface area contributed by atoms with Gasteiger partial charge in [0.1, 0.15) is 0 Å². The van der Waals surface area contributed by atoms with Crippen LogP contribution in [-0.2, 0) is 0 Å². The fourth-order valence-corrected chi connectivity index (χ4v) is 0.535. The van der Waals surface area contributed by atoms with Crippen molar-refractivity contribution in [3.8, 4) is 0 Å². The number of amides is 2. The molecule has 0 spiro atoms. The van der Waals surface area contributed by atoms with Gasteiger partial charge in [0.05, 0.1) is 6.34 Å². The van der Waals surface area contributed by atoms with Gasteiger partial charge >= 0.3 is 6.03 Å². The van der Waals surface area contributed by atoms with E-state index in [0.717, 1.165) is 0 Å². The van der Waals surface area contributed by atoms with Crippen LogP contribution in [0.5, 0.6) is 0 Å². The van der Waals surface area contributed by atoms with Crippen molar-refractivity contribution in [1.29, 1.82) is 0 Å². The highest BCUT2D eigenvalue weighted by Gasteiger charge is 2.04. The average Bonchev–Trinajstić information content (AvgIpc) is 1.90. The smallest absolute Gasteiger partial charge is 0.320 e. The van der Waals surface area contributed by atoms with Gasteiger partial charge in [-0.1, -0.05) is 0 Å². The van der Waals surface area contributed by atoms with E-state index in [9.17, 15) is 4.79 Å². The third kappa shape index (κ3) is 2.06. The molecule has 2 amide bonds. The Labute approximate surface area is 64.8 Å². The van der Waals surface area contributed by atoms with E-state index in [4.69, 9.17) is 5.73 Å². The zero-order valence-electron chi connectivity index (χ0n) is 5.23. The molecule has 0 radical (unpaired) electrons. The lowest BCUT2D eigenvalue weighted by atomic mass is 10.5. The largest absolute Gasteiger partial charge is 0.351 e. The number of halogens is 1. The van der Waals surface area contributed by atoms with Gasteiger partial charge in [0.2, 0.25) is 0 Å². The highest BCUT2D eigenvalue weighted by atomic mass is 35.5. The third-order valence-corrected chi connectivity index (χ3v) is 0.983. The molecule has 0 fully saturated rings. The number of carbonyl (C=O) groups excluding carboxylic acids is 1. The van der Waals surface area contributed by atoms with Crippen molar-refractivity contribution in [3.63, 3.8) is 0 Å². The summed E-state index contributed by atoms with van der Waals surface area (Å²) in [4.78, 5) is 15.4. The van der Waals surface area contributed by atoms with Crippen LogP contribution < -0.4 is 5.73 Å². The summed E-state index contributed by atoms with van der Waals surface area (Å²) in [7, 11) is 0. The van der Waals surface area contributed by atoms with Gasteiger partial charge in [0.25, 0.3) is 0 Å². The maximum atomic E-state index is 10.4. The minimum Gasteiger partial charge on any atom is -0.351 e. The van der Waals surface area contributed by atoms with E-state index in [0.29, 0.717) is 6.54 Å². The highest BCUT2D eigenvalue weighted by molar-refractivity contribution is 5.86. The molecule has 10 heavy (non-hydrogen) atoms. The molecule has 0 saturated heterocycles. The van der Waals surface area contributed by atoms with Crippen LogP contribution in [0.3, 0.4) is 0 Å². The van der Waals surface area contributed by atoms with Crippen molar-refractivity contribution < 1.29 is 4.79 Å². The number of carbonyl (C=O) groups is 1. The predicted octanol–water partition coefficient (Wildman–Crippen LogP) is 0.345. The number of urea groups is 1. The molecule has 0 bridgehead atoms. The fraction of sp³-hybridized carbons (Fsp3) is 0.200. The molecule has 0 aromatic carbocycles. The molecule has 0 atom stereocenters. The quantitative estimate of drug-likeness (QED) is 0.548. The number of aliphatic imine (C=N–C) groups is 1. The summed E-state index contributed by atoms with van der Waals surface area (Å²) >= 11 is 0. The number of primary amides is 1. The van der Waals surface area contributed by atoms with Gasteiger partial charge in [0.15, 0.2) is 0 Å². The number of hydrogen-bond donors (Lipinski definition) is 1. The summed E-state index contributed by atoms with van der Waals surface area (Å²) < 4.78 is 0. The van der Waals surface area contributed by atoms with Crippen molar-refractivity contribution in [3.05, 3.63) is 12.3 Å². The Balaban J connectivity index is 0.000000810. The first-order valence-electron chi connectivity index (χ1n) is 2.55. The lowest BCUT2D eigenvalue weighted by Gasteiger charge is -2.12. The second-order valence-corrected chi connectivity index (χ2v) is 1.64. The first kappa shape index (κ1) is 8.97. The van der Waals surface area contributed by atoms with Crippen LogP contribution in [0.4, 0.5) is 4.79 Å². The van der Waals surface area contributed by atoms with E-state index in [1.165, 1.54) is 11.2 Å². The topological polar surface area (TPSA) is 58.7 Å². The number of nitrogens with two attached hydrogens (primary N) is 1. The Morgan fingerprint density at radius 2 is 2.40 bits per heavy atom. The van der Waals surface area contributed by atoms with Crippen LogP contribution in [0.2, 0.25) is 0 Å². The van der Waals surface area contributed by atoms with Crippen LogP contribution in [0.25, 0.3) is 0 Å². The van der Waals surface area contributed by atoms with E-state index in [1.807, 2.05) is 0 Å². The molecule has 56 valence electrons. The predicted molar refractivity (Wildman–Crippen MR) is 41.2 cm³/mol. The van der Waals surface area contributed by atoms with E-state index in [1.54, 1.807) is 12.3 Å². The maximum absolute atomic E-state index is 10.4. The van der Waals surface area contributed by atoms with Gasteiger partial charge in [0, 0.05) is 12.7 Å². The van der Waals surface area contributed by atoms with Gasteiger partial charge in [-0.05, 0) is 6.08 Å². The molecule has 5 heteroatoms. The number of hydrogen-bond acceptors (Lipinski definition) is 2. The second kappa shape index (κ2) is 3.90. The lowest BCUT2D eigenvalue weighted by Crippen LogP contribution is -2.35. The van der Waals surface area contributed by atoms with Gasteiger partial charge in [-0.2, -0.15) is 0 Å². The average molecular weight is 162 g/mol. The molecule has 1 aliphatic rings. The molecule has 1 heterocycles. The van der Waals surface area contributed by atoms with E-state index in [2.05, 4.69) is 4.99 Å². The van der Waals surface area contributed by atoms with E-state index < -0.39 is 6.03 Å². The SMILES string of the molecule is Cl.NC(=O)N1C=NC=CC1. The van der Waals surface area contributed by atoms with Gasteiger partial charge in [-0.3, -0.25) is 4.90 Å². The normalized spacial score (nSPS) is 14.6. The molecule has 4 nitrogen and oxygen atoms in total. The van der Waals surface area contributed by atoms with Crippen molar-refractivity contribution in [1.82, 2.24) is 4.90 Å². The Hall–Kier alpha value is -1.03. The summed E-state index contributed by atoms with van der Waals surface area (Å²) in [6, 6.07) is -0.469. The highest BCUT2D eigenvalue weighted by Crippen LogP contribution is 1.90. The van der Waals surface area contributed by atoms with Crippen molar-refractivity contribution in [2.24, 2.45) is 10.7 Å². The molecule has 1 aliphatic heterocycles. The lowest BCUT2D eigenvalue weighted by molar-refractivity contribution is 0.233. The van der Waals surface area contributed by atoms with Gasteiger partial charge in [-0.15, -0.1) is 12.4 Å². The third-order valence-electron chi connectivity index (χ3n) is 0.983. The molecular formula is C5H8ClN3O. The Kier molecular flexibility index (Phi) is 3.49. The molecule has 1 rings (SSSR count). The minimum absolute atomic E-state index is 0. The Morgan fingerprint density at radius 1 is 1.70 bits per heavy atom. The van der Waals surface area contributed by atoms with Crippen molar-refractivity contribution >= 4 is 24.8 Å². The molecular weight excluding hydrogens is 154 g/mol. The molecule has 2 N–H and O–H groups in total. The van der Waals surface area contributed by atoms with Gasteiger partial charge in [-0.25, -0.2) is 9.79 Å². The maximum Gasteiger partial charge on any atom is 0.320 e. The fourth-order valence-electron chi connectivity index (χ4n) is 0.535. The first-order chi connectivity index (χ1) is 4.30. The second-order valence-electron chi connectivity index (χ2n) is 1.64. The summed E-state index contributed by atoms with van der Waals surface area (Å²) in [6.07, 6.45) is 4.78. The van der Waals surface area contributed by atoms with Gasteiger partial charge < -0.3 is 5.73 Å². The zero-order valence-corrected chi connectivity index (χ0v) is 6.04. The Morgan fingerprint density at radius 3 is 2.70 bits per heavy atom. The summed E-state index contributed by atoms with van der Waals surface area (Å²) in [6.45, 7) is 0.527. The monoisotopic (exact) mass is 161 g/mol. The summed E-state index contributed by atoms with van der Waals surface area (Å²) in [5.74, 6) is 0. The van der Waals surface area contributed by atoms with E-state index in [-0.39, 0.29) is 12.4 Å². The van der Waals surface area contributed by atoms with Crippen molar-refractivity contribution in [2.75, 3.05) is 6.54 Å². The zero-order chi connectivity index (χ0) is 6.69. The van der Waals surface area contributed by atoms with E-state index >= 15 is 0 Å². The summed E-state index contributed by atoms with van der Waals surface area (Å²) in [5, 5.41) is 0. The molecule has 0 aromatic rings. The van der Waals surface area contributed by atoms with Crippen LogP contribution in [0, 0.1) is 0 Å². The standard InChI is InChI=1S/C5H7N3O.ClH/c6-5(9)8-3-1-2-7-4-8;/h1-2,4H,3H2,(H2,6,9);1H. The van der Waals surface area contributed by atoms with Crippen LogP contribution in [0.15, 0.2) is 17.3 Å². The van der Waals surface area contributed by atoms with Crippen LogP contribution >= 0.6 is 12.4 Å². The first-order valence-corrected chi connectivity index (χ1v) is 2.55. The number of rotatable bonds is 0. The molecule has 0 saturated carbocycles. The summed E-state index contributed by atoms with van der Waals surface area (Å²) in [5.41, 5.74) is 4.93. The molecule has 0 aromatic heterocycles. The van der Waals surface area contributed by atoms with Crippen molar-refractivity contribution in [2.45, 2.75) is 0 Å². The minimum atomic E-state index is -0.469. The Bertz CT molecular complexity index is 178. The molecule has 0 aliphatic carbocycles. The molecule has 0 unspecified atom stereocenters. The van der Waals surface area contributed by atoms with Crippen LogP contribution in [-0.4, -0.2) is 23.8 Å².